The number of likely N-dealkylation sites (N-methyl/N-ethyl adjacent to an activating group) is 1. The molecule has 1 fully saturated rings. The summed E-state index contributed by atoms with van der Waals surface area (Å²) in [6, 6.07) is 4.61. The summed E-state index contributed by atoms with van der Waals surface area (Å²) in [7, 11) is 1.52. The third kappa shape index (κ3) is 7.65. The highest BCUT2D eigenvalue weighted by atomic mass is 16.6. The Kier molecular flexibility index (Phi) is 9.14. The Morgan fingerprint density at radius 1 is 1.09 bits per heavy atom. The number of benzene rings is 1. The van der Waals surface area contributed by atoms with Crippen molar-refractivity contribution in [3.8, 4) is 5.75 Å². The highest BCUT2D eigenvalue weighted by Crippen LogP contribution is 2.30. The second-order valence-electron chi connectivity index (χ2n) is 10.1. The van der Waals surface area contributed by atoms with Crippen molar-refractivity contribution in [2.45, 2.75) is 90.4 Å². The van der Waals surface area contributed by atoms with Gasteiger partial charge >= 0.3 is 6.09 Å². The zero-order chi connectivity index (χ0) is 24.8. The summed E-state index contributed by atoms with van der Waals surface area (Å²) in [6.07, 6.45) is 4.35. The largest absolute Gasteiger partial charge is 0.508 e. The van der Waals surface area contributed by atoms with E-state index in [9.17, 15) is 19.5 Å². The molecule has 0 aromatic heterocycles. The molecule has 8 nitrogen and oxygen atoms in total. The maximum absolute atomic E-state index is 13.5. The van der Waals surface area contributed by atoms with E-state index in [4.69, 9.17) is 4.74 Å². The zero-order valence-electron chi connectivity index (χ0n) is 20.7. The molecule has 3 N–H and O–H groups in total. The molecule has 3 amide bonds. The fourth-order valence-corrected chi connectivity index (χ4v) is 4.07. The van der Waals surface area contributed by atoms with Gasteiger partial charge in [0.05, 0.1) is 0 Å². The van der Waals surface area contributed by atoms with Gasteiger partial charge in [-0.05, 0) is 45.6 Å². The van der Waals surface area contributed by atoms with Gasteiger partial charge in [0.2, 0.25) is 11.8 Å². The van der Waals surface area contributed by atoms with Gasteiger partial charge in [0.1, 0.15) is 23.4 Å². The van der Waals surface area contributed by atoms with E-state index >= 15 is 0 Å². The topological polar surface area (TPSA) is 108 Å². The van der Waals surface area contributed by atoms with E-state index in [0.29, 0.717) is 5.56 Å². The number of rotatable bonds is 7. The van der Waals surface area contributed by atoms with Gasteiger partial charge in [0, 0.05) is 18.7 Å². The van der Waals surface area contributed by atoms with Crippen LogP contribution < -0.4 is 10.6 Å². The molecule has 1 aromatic rings. The summed E-state index contributed by atoms with van der Waals surface area (Å²) in [5, 5.41) is 16.2. The molecule has 184 valence electrons. The number of nitrogens with one attached hydrogen (secondary N) is 2. The van der Waals surface area contributed by atoms with Gasteiger partial charge in [0.25, 0.3) is 0 Å². The molecule has 0 heterocycles. The van der Waals surface area contributed by atoms with Gasteiger partial charge in [-0.25, -0.2) is 4.79 Å². The Labute approximate surface area is 197 Å². The highest BCUT2D eigenvalue weighted by Gasteiger charge is 2.37. The molecule has 2 rings (SSSR count). The standard InChI is InChI=1S/C25H39N3O5/c1-16(2)20(27-24(32)33-25(3,4)5)23(31)28(6)21(18-14-10-11-15-19(18)29)22(30)26-17-12-8-7-9-13-17/h10-11,14-17,20-21,29H,7-9,12-13H2,1-6H3,(H,26,30)(H,27,32). The number of carbonyl (C=O) groups excluding carboxylic acids is 3. The maximum Gasteiger partial charge on any atom is 0.408 e. The van der Waals surface area contributed by atoms with Crippen LogP contribution in [0.15, 0.2) is 24.3 Å². The van der Waals surface area contributed by atoms with Crippen LogP contribution in [0.4, 0.5) is 4.79 Å². The van der Waals surface area contributed by atoms with Crippen LogP contribution in [0.5, 0.6) is 5.75 Å². The zero-order valence-corrected chi connectivity index (χ0v) is 20.7. The average molecular weight is 462 g/mol. The first-order valence-electron chi connectivity index (χ1n) is 11.7. The molecule has 1 aromatic carbocycles. The third-order valence-corrected chi connectivity index (χ3v) is 5.77. The SMILES string of the molecule is CC(C)C(NC(=O)OC(C)(C)C)C(=O)N(C)C(C(=O)NC1CCCCC1)c1ccccc1O. The summed E-state index contributed by atoms with van der Waals surface area (Å²) in [4.78, 5) is 40.6. The summed E-state index contributed by atoms with van der Waals surface area (Å²) in [5.74, 6) is -1.11. The van der Waals surface area contributed by atoms with Crippen LogP contribution in [0, 0.1) is 5.92 Å². The van der Waals surface area contributed by atoms with Crippen LogP contribution in [-0.4, -0.2) is 52.6 Å². The van der Waals surface area contributed by atoms with Gasteiger partial charge in [0.15, 0.2) is 0 Å². The molecule has 0 bridgehead atoms. The van der Waals surface area contributed by atoms with Crippen LogP contribution in [0.1, 0.15) is 78.3 Å². The van der Waals surface area contributed by atoms with Crippen LogP contribution >= 0.6 is 0 Å². The second kappa shape index (κ2) is 11.4. The number of alkyl carbamates (subject to hydrolysis) is 1. The number of hydrogen-bond donors (Lipinski definition) is 3. The third-order valence-electron chi connectivity index (χ3n) is 5.77. The van der Waals surface area contributed by atoms with E-state index in [-0.39, 0.29) is 23.6 Å². The van der Waals surface area contributed by atoms with Gasteiger partial charge in [-0.3, -0.25) is 9.59 Å². The number of hydrogen-bond acceptors (Lipinski definition) is 5. The lowest BCUT2D eigenvalue weighted by Crippen LogP contribution is -2.54. The number of aromatic hydroxyl groups is 1. The van der Waals surface area contributed by atoms with E-state index in [1.165, 1.54) is 18.0 Å². The van der Waals surface area contributed by atoms with Crippen molar-refractivity contribution in [3.63, 3.8) is 0 Å². The number of carbonyl (C=O) groups is 3. The molecule has 1 aliphatic rings. The number of phenols is 1. The molecular weight excluding hydrogens is 422 g/mol. The Morgan fingerprint density at radius 3 is 2.24 bits per heavy atom. The van der Waals surface area contributed by atoms with Crippen LogP contribution in [-0.2, 0) is 14.3 Å². The van der Waals surface area contributed by atoms with Crippen molar-refractivity contribution in [1.29, 1.82) is 0 Å². The maximum atomic E-state index is 13.5. The minimum absolute atomic E-state index is 0.0453. The van der Waals surface area contributed by atoms with E-state index in [1.54, 1.807) is 39.0 Å². The summed E-state index contributed by atoms with van der Waals surface area (Å²) < 4.78 is 5.32. The smallest absolute Gasteiger partial charge is 0.408 e. The van der Waals surface area contributed by atoms with Gasteiger partial charge in [-0.15, -0.1) is 0 Å². The quantitative estimate of drug-likeness (QED) is 0.571. The Hall–Kier alpha value is -2.77. The Morgan fingerprint density at radius 2 is 1.70 bits per heavy atom. The van der Waals surface area contributed by atoms with Crippen LogP contribution in [0.3, 0.4) is 0 Å². The summed E-state index contributed by atoms with van der Waals surface area (Å²) >= 11 is 0. The fourth-order valence-electron chi connectivity index (χ4n) is 4.07. The van der Waals surface area contributed by atoms with Crippen LogP contribution in [0.25, 0.3) is 0 Å². The molecule has 0 spiro atoms. The minimum atomic E-state index is -1.04. The van der Waals surface area contributed by atoms with Crippen molar-refractivity contribution >= 4 is 17.9 Å². The molecule has 2 unspecified atom stereocenters. The Balaban J connectivity index is 2.30. The molecule has 0 saturated heterocycles. The van der Waals surface area contributed by atoms with Crippen molar-refractivity contribution in [3.05, 3.63) is 29.8 Å². The first-order chi connectivity index (χ1) is 15.4. The van der Waals surface area contributed by atoms with Crippen LogP contribution in [0.2, 0.25) is 0 Å². The van der Waals surface area contributed by atoms with Crippen molar-refractivity contribution in [2.24, 2.45) is 5.92 Å². The number of para-hydroxylation sites is 1. The number of nitrogens with zero attached hydrogens (tertiary/aromatic N) is 1. The molecule has 0 radical (unpaired) electrons. The lowest BCUT2D eigenvalue weighted by atomic mass is 9.94. The monoisotopic (exact) mass is 461 g/mol. The normalized spacial score (nSPS) is 16.6. The van der Waals surface area contributed by atoms with Crippen molar-refractivity contribution in [1.82, 2.24) is 15.5 Å². The highest BCUT2D eigenvalue weighted by molar-refractivity contribution is 5.92. The molecule has 8 heteroatoms. The van der Waals surface area contributed by atoms with E-state index in [0.717, 1.165) is 32.1 Å². The first-order valence-corrected chi connectivity index (χ1v) is 11.7. The summed E-state index contributed by atoms with van der Waals surface area (Å²) in [5.41, 5.74) is -0.375. The summed E-state index contributed by atoms with van der Waals surface area (Å²) in [6.45, 7) is 8.86. The predicted octanol–water partition coefficient (Wildman–Crippen LogP) is 3.89. The van der Waals surface area contributed by atoms with Gasteiger partial charge in [-0.1, -0.05) is 51.3 Å². The minimum Gasteiger partial charge on any atom is -0.508 e. The van der Waals surface area contributed by atoms with Crippen molar-refractivity contribution in [2.75, 3.05) is 7.05 Å². The van der Waals surface area contributed by atoms with Gasteiger partial charge in [-0.2, -0.15) is 0 Å². The average Bonchev–Trinajstić information content (AvgIpc) is 2.72. The molecule has 1 saturated carbocycles. The number of ether oxygens (including phenoxy) is 1. The van der Waals surface area contributed by atoms with E-state index in [2.05, 4.69) is 10.6 Å². The number of amides is 3. The van der Waals surface area contributed by atoms with Crippen molar-refractivity contribution < 1.29 is 24.2 Å². The second-order valence-corrected chi connectivity index (χ2v) is 10.1. The number of phenolic OH excluding ortho intramolecular Hbond substituents is 1. The molecule has 1 aliphatic carbocycles. The Bertz CT molecular complexity index is 828. The van der Waals surface area contributed by atoms with E-state index in [1.807, 2.05) is 13.8 Å². The fraction of sp³-hybridized carbons (Fsp3) is 0.640. The first kappa shape index (κ1) is 26.5. The predicted molar refractivity (Wildman–Crippen MR) is 127 cm³/mol. The molecular formula is C25H39N3O5. The lowest BCUT2D eigenvalue weighted by molar-refractivity contribution is -0.142. The molecule has 2 atom stereocenters. The van der Waals surface area contributed by atoms with E-state index < -0.39 is 29.7 Å². The molecule has 33 heavy (non-hydrogen) atoms. The molecule has 0 aliphatic heterocycles. The van der Waals surface area contributed by atoms with Gasteiger partial charge < -0.3 is 25.4 Å². The lowest BCUT2D eigenvalue weighted by Gasteiger charge is -2.34.